The number of methoxy groups -OCH3 is 1. The van der Waals surface area contributed by atoms with Crippen molar-refractivity contribution in [2.24, 2.45) is 0 Å². The number of esters is 1. The fraction of sp³-hybridized carbons (Fsp3) is 0.278. The van der Waals surface area contributed by atoms with Crippen LogP contribution in [0.5, 0.6) is 0 Å². The first-order chi connectivity index (χ1) is 14.0. The summed E-state index contributed by atoms with van der Waals surface area (Å²) in [6.07, 6.45) is 1.55. The highest BCUT2D eigenvalue weighted by molar-refractivity contribution is 7.17. The van der Waals surface area contributed by atoms with Gasteiger partial charge in [0, 0.05) is 32.2 Å². The number of aromatic nitrogens is 2. The minimum absolute atomic E-state index is 0.0238. The summed E-state index contributed by atoms with van der Waals surface area (Å²) in [5.74, 6) is 0.163. The predicted molar refractivity (Wildman–Crippen MR) is 111 cm³/mol. The molecular weight excluding hydrogens is 418 g/mol. The maximum atomic E-state index is 11.8. The number of halogens is 1. The molecule has 0 N–H and O–H groups in total. The monoisotopic (exact) mass is 433 g/mol. The van der Waals surface area contributed by atoms with Gasteiger partial charge in [-0.25, -0.2) is 14.8 Å². The van der Waals surface area contributed by atoms with Gasteiger partial charge in [0.2, 0.25) is 0 Å². The predicted octanol–water partition coefficient (Wildman–Crippen LogP) is 3.37. The number of hydrogen-bond acceptors (Lipinski definition) is 9. The smallest absolute Gasteiger partial charge is 0.339 e. The number of fused-ring (bicyclic) bond motifs is 1. The van der Waals surface area contributed by atoms with Gasteiger partial charge in [0.05, 0.1) is 32.8 Å². The first-order valence-corrected chi connectivity index (χ1v) is 9.99. The molecule has 29 heavy (non-hydrogen) atoms. The largest absolute Gasteiger partial charge is 0.465 e. The lowest BCUT2D eigenvalue weighted by Gasteiger charge is -2.36. The molecule has 0 unspecified atom stereocenters. The van der Waals surface area contributed by atoms with Crippen LogP contribution in [-0.4, -0.2) is 54.1 Å². The van der Waals surface area contributed by atoms with Crippen LogP contribution >= 0.6 is 22.9 Å². The number of benzene rings is 1. The fourth-order valence-corrected chi connectivity index (χ4v) is 4.47. The number of anilines is 2. The highest BCUT2D eigenvalue weighted by Crippen LogP contribution is 2.36. The standard InChI is InChI=1S/C18H16ClN5O4S/c1-28-18(25)11-8-15(24(26)27)14(9-12(11)19)22-3-5-23(6-4-22)17-16-13(2-7-29-16)20-10-21-17/h2,7-10H,3-6H2,1H3. The third-order valence-electron chi connectivity index (χ3n) is 4.81. The van der Waals surface area contributed by atoms with E-state index in [0.29, 0.717) is 31.9 Å². The van der Waals surface area contributed by atoms with Crippen LogP contribution in [0.25, 0.3) is 10.2 Å². The van der Waals surface area contributed by atoms with Crippen molar-refractivity contribution in [2.75, 3.05) is 43.1 Å². The Morgan fingerprint density at radius 1 is 1.24 bits per heavy atom. The van der Waals surface area contributed by atoms with Crippen LogP contribution in [0.4, 0.5) is 17.2 Å². The van der Waals surface area contributed by atoms with Gasteiger partial charge in [0.25, 0.3) is 5.69 Å². The van der Waals surface area contributed by atoms with E-state index in [0.717, 1.165) is 16.0 Å². The molecule has 1 aliphatic rings. The number of thiophene rings is 1. The molecule has 0 bridgehead atoms. The van der Waals surface area contributed by atoms with Crippen molar-refractivity contribution in [3.05, 3.63) is 50.6 Å². The summed E-state index contributed by atoms with van der Waals surface area (Å²) in [5.41, 5.74) is 1.09. The Bertz CT molecular complexity index is 1100. The van der Waals surface area contributed by atoms with E-state index < -0.39 is 10.9 Å². The molecule has 0 aliphatic carbocycles. The average Bonchev–Trinajstić information content (AvgIpc) is 3.22. The van der Waals surface area contributed by atoms with E-state index in [1.165, 1.54) is 19.2 Å². The van der Waals surface area contributed by atoms with Crippen molar-refractivity contribution in [3.63, 3.8) is 0 Å². The van der Waals surface area contributed by atoms with E-state index in [2.05, 4.69) is 19.6 Å². The normalized spacial score (nSPS) is 14.3. The Kier molecular flexibility index (Phi) is 5.20. The minimum atomic E-state index is -0.710. The van der Waals surface area contributed by atoms with Crippen molar-refractivity contribution < 1.29 is 14.5 Å². The molecule has 1 fully saturated rings. The first-order valence-electron chi connectivity index (χ1n) is 8.74. The number of carbonyl (C=O) groups excluding carboxylic acids is 1. The van der Waals surface area contributed by atoms with Crippen LogP contribution in [0, 0.1) is 10.1 Å². The Morgan fingerprint density at radius 2 is 1.97 bits per heavy atom. The van der Waals surface area contributed by atoms with Gasteiger partial charge in [0.1, 0.15) is 17.8 Å². The summed E-state index contributed by atoms with van der Waals surface area (Å²) >= 11 is 7.79. The van der Waals surface area contributed by atoms with Crippen molar-refractivity contribution >= 4 is 56.3 Å². The second kappa shape index (κ2) is 7.80. The molecular formula is C18H16ClN5O4S. The quantitative estimate of drug-likeness (QED) is 0.350. The van der Waals surface area contributed by atoms with Crippen LogP contribution in [0.3, 0.4) is 0 Å². The van der Waals surface area contributed by atoms with Crippen molar-refractivity contribution in [2.45, 2.75) is 0 Å². The molecule has 11 heteroatoms. The number of nitrogens with zero attached hydrogens (tertiary/aromatic N) is 5. The maximum Gasteiger partial charge on any atom is 0.339 e. The summed E-state index contributed by atoms with van der Waals surface area (Å²) in [7, 11) is 1.20. The van der Waals surface area contributed by atoms with E-state index in [-0.39, 0.29) is 16.3 Å². The van der Waals surface area contributed by atoms with Crippen molar-refractivity contribution in [1.29, 1.82) is 0 Å². The molecule has 9 nitrogen and oxygen atoms in total. The van der Waals surface area contributed by atoms with Gasteiger partial charge in [-0.05, 0) is 17.5 Å². The van der Waals surface area contributed by atoms with Gasteiger partial charge in [-0.2, -0.15) is 0 Å². The zero-order valence-electron chi connectivity index (χ0n) is 15.4. The summed E-state index contributed by atoms with van der Waals surface area (Å²) in [6, 6.07) is 4.59. The zero-order chi connectivity index (χ0) is 20.5. The van der Waals surface area contributed by atoms with Gasteiger partial charge in [-0.3, -0.25) is 10.1 Å². The lowest BCUT2D eigenvalue weighted by molar-refractivity contribution is -0.384. The molecule has 0 spiro atoms. The SMILES string of the molecule is COC(=O)c1cc([N+](=O)[O-])c(N2CCN(c3ncnc4ccsc34)CC2)cc1Cl. The molecule has 1 saturated heterocycles. The first kappa shape index (κ1) is 19.3. The molecule has 0 amide bonds. The summed E-state index contributed by atoms with van der Waals surface area (Å²) in [6.45, 7) is 2.37. The average molecular weight is 434 g/mol. The van der Waals surface area contributed by atoms with E-state index in [4.69, 9.17) is 11.6 Å². The van der Waals surface area contributed by atoms with Crippen molar-refractivity contribution in [3.8, 4) is 0 Å². The summed E-state index contributed by atoms with van der Waals surface area (Å²) < 4.78 is 5.68. The molecule has 4 rings (SSSR count). The maximum absolute atomic E-state index is 11.8. The Morgan fingerprint density at radius 3 is 2.66 bits per heavy atom. The van der Waals surface area contributed by atoms with Gasteiger partial charge >= 0.3 is 5.97 Å². The van der Waals surface area contributed by atoms with Crippen molar-refractivity contribution in [1.82, 2.24) is 9.97 Å². The highest BCUT2D eigenvalue weighted by Gasteiger charge is 2.28. The molecule has 1 aliphatic heterocycles. The number of ether oxygens (including phenoxy) is 1. The van der Waals surface area contributed by atoms with E-state index in [1.807, 2.05) is 16.3 Å². The molecule has 150 valence electrons. The zero-order valence-corrected chi connectivity index (χ0v) is 16.9. The minimum Gasteiger partial charge on any atom is -0.465 e. The third-order valence-corrected chi connectivity index (χ3v) is 6.02. The molecule has 2 aromatic heterocycles. The van der Waals surface area contributed by atoms with E-state index >= 15 is 0 Å². The van der Waals surface area contributed by atoms with E-state index in [9.17, 15) is 14.9 Å². The molecule has 3 aromatic rings. The second-order valence-corrected chi connectivity index (χ2v) is 7.70. The summed E-state index contributed by atoms with van der Waals surface area (Å²) in [4.78, 5) is 35.6. The van der Waals surface area contributed by atoms with Gasteiger partial charge in [-0.15, -0.1) is 11.3 Å². The van der Waals surface area contributed by atoms with Crippen LogP contribution in [-0.2, 0) is 4.74 Å². The number of carbonyl (C=O) groups is 1. The number of nitro groups is 1. The van der Waals surface area contributed by atoms with Crippen LogP contribution < -0.4 is 9.80 Å². The molecule has 0 saturated carbocycles. The topological polar surface area (TPSA) is 102 Å². The number of rotatable bonds is 4. The summed E-state index contributed by atoms with van der Waals surface area (Å²) in [5, 5.41) is 13.7. The van der Waals surface area contributed by atoms with Crippen LogP contribution in [0.15, 0.2) is 29.9 Å². The second-order valence-electron chi connectivity index (χ2n) is 6.38. The van der Waals surface area contributed by atoms with Crippen LogP contribution in [0.1, 0.15) is 10.4 Å². The Balaban J connectivity index is 1.60. The molecule has 3 heterocycles. The number of hydrogen-bond donors (Lipinski definition) is 0. The van der Waals surface area contributed by atoms with E-state index in [1.54, 1.807) is 17.7 Å². The van der Waals surface area contributed by atoms with Gasteiger partial charge < -0.3 is 14.5 Å². The highest BCUT2D eigenvalue weighted by atomic mass is 35.5. The Hall–Kier alpha value is -2.98. The van der Waals surface area contributed by atoms with Crippen LogP contribution in [0.2, 0.25) is 5.02 Å². The number of piperazine rings is 1. The van der Waals surface area contributed by atoms with Gasteiger partial charge in [-0.1, -0.05) is 11.6 Å². The third kappa shape index (κ3) is 3.56. The molecule has 0 radical (unpaired) electrons. The molecule has 1 aromatic carbocycles. The Labute approximate surface area is 174 Å². The van der Waals surface area contributed by atoms with Gasteiger partial charge in [0.15, 0.2) is 0 Å². The lowest BCUT2D eigenvalue weighted by atomic mass is 10.1. The lowest BCUT2D eigenvalue weighted by Crippen LogP contribution is -2.47. The number of nitro benzene ring substituents is 1. The molecule has 0 atom stereocenters. The fourth-order valence-electron chi connectivity index (χ4n) is 3.38.